The summed E-state index contributed by atoms with van der Waals surface area (Å²) in [6, 6.07) is 1.80. The van der Waals surface area contributed by atoms with Crippen LogP contribution in [0.2, 0.25) is 0 Å². The first-order valence-corrected chi connectivity index (χ1v) is 8.10. The van der Waals surface area contributed by atoms with Gasteiger partial charge in [0.15, 0.2) is 0 Å². The Labute approximate surface area is 128 Å². The molecule has 0 aromatic carbocycles. The molecule has 1 aromatic rings. The molecule has 1 N–H and O–H groups in total. The van der Waals surface area contributed by atoms with Gasteiger partial charge in [-0.1, -0.05) is 6.92 Å². The average Bonchev–Trinajstić information content (AvgIpc) is 3.05. The maximum absolute atomic E-state index is 12.3. The summed E-state index contributed by atoms with van der Waals surface area (Å²) in [5.74, 6) is -0.637. The monoisotopic (exact) mass is 311 g/mol. The van der Waals surface area contributed by atoms with Gasteiger partial charge in [-0.2, -0.15) is 0 Å². The Hall–Kier alpha value is -1.40. The number of aryl methyl sites for hydroxylation is 1. The second-order valence-corrected chi connectivity index (χ2v) is 6.13. The molecule has 2 heterocycles. The number of amides is 1. The lowest BCUT2D eigenvalue weighted by atomic mass is 10.0. The number of anilines is 1. The Morgan fingerprint density at radius 2 is 2.24 bits per heavy atom. The van der Waals surface area contributed by atoms with Crippen molar-refractivity contribution >= 4 is 28.2 Å². The van der Waals surface area contributed by atoms with Crippen LogP contribution >= 0.6 is 11.3 Å². The summed E-state index contributed by atoms with van der Waals surface area (Å²) in [6.07, 6.45) is 1.45. The van der Waals surface area contributed by atoms with Crippen LogP contribution in [0.25, 0.3) is 0 Å². The minimum atomic E-state index is -0.389. The molecule has 2 unspecified atom stereocenters. The van der Waals surface area contributed by atoms with E-state index < -0.39 is 0 Å². The lowest BCUT2D eigenvalue weighted by molar-refractivity contribution is -0.121. The van der Waals surface area contributed by atoms with Gasteiger partial charge in [-0.15, -0.1) is 11.3 Å². The molecule has 5 nitrogen and oxygen atoms in total. The van der Waals surface area contributed by atoms with E-state index in [1.54, 1.807) is 13.0 Å². The third-order valence-electron chi connectivity index (χ3n) is 3.58. The highest BCUT2D eigenvalue weighted by molar-refractivity contribution is 7.16. The molecule has 6 heteroatoms. The molecule has 116 valence electrons. The number of hydrogen-bond donors (Lipinski definition) is 1. The van der Waals surface area contributed by atoms with Crippen LogP contribution in [0.5, 0.6) is 0 Å². The van der Waals surface area contributed by atoms with Gasteiger partial charge in [0.05, 0.1) is 24.2 Å². The third kappa shape index (κ3) is 3.63. The summed E-state index contributed by atoms with van der Waals surface area (Å²) in [7, 11) is 0. The molecular weight excluding hydrogens is 290 g/mol. The highest BCUT2D eigenvalue weighted by atomic mass is 32.1. The van der Waals surface area contributed by atoms with E-state index in [1.807, 2.05) is 13.8 Å². The average molecular weight is 311 g/mol. The summed E-state index contributed by atoms with van der Waals surface area (Å²) in [5.41, 5.74) is 0.443. The fourth-order valence-electron chi connectivity index (χ4n) is 2.35. The van der Waals surface area contributed by atoms with Gasteiger partial charge in [0.25, 0.3) is 0 Å². The fraction of sp³-hybridized carbons (Fsp3) is 0.600. The molecular formula is C15H21NO4S. The van der Waals surface area contributed by atoms with Crippen molar-refractivity contribution in [2.24, 2.45) is 5.92 Å². The maximum atomic E-state index is 12.3. The molecule has 1 aromatic heterocycles. The predicted octanol–water partition coefficient (Wildman–Crippen LogP) is 2.85. The van der Waals surface area contributed by atoms with E-state index in [0.29, 0.717) is 30.2 Å². The molecule has 0 aliphatic carbocycles. The zero-order chi connectivity index (χ0) is 15.4. The zero-order valence-electron chi connectivity index (χ0n) is 12.6. The lowest BCUT2D eigenvalue weighted by Gasteiger charge is -2.13. The topological polar surface area (TPSA) is 64.6 Å². The van der Waals surface area contributed by atoms with Gasteiger partial charge >= 0.3 is 5.97 Å². The molecule has 0 radical (unpaired) electrons. The molecule has 2 atom stereocenters. The SMILES string of the molecule is CCOC(=O)c1cc(CC)sc1NC(=O)C1CCOC1C. The second-order valence-electron chi connectivity index (χ2n) is 4.99. The van der Waals surface area contributed by atoms with Crippen LogP contribution in [0.15, 0.2) is 6.07 Å². The molecule has 21 heavy (non-hydrogen) atoms. The van der Waals surface area contributed by atoms with Gasteiger partial charge in [0.1, 0.15) is 5.00 Å². The summed E-state index contributed by atoms with van der Waals surface area (Å²) in [4.78, 5) is 25.3. The fourth-order valence-corrected chi connectivity index (χ4v) is 3.34. The smallest absolute Gasteiger partial charge is 0.341 e. The standard InChI is InChI=1S/C15H21NO4S/c1-4-10-8-12(15(18)19-5-2)14(21-10)16-13(17)11-6-7-20-9(11)3/h8-9,11H,4-7H2,1-3H3,(H,16,17). The number of rotatable bonds is 5. The molecule has 0 saturated carbocycles. The van der Waals surface area contributed by atoms with Crippen molar-refractivity contribution in [1.82, 2.24) is 0 Å². The molecule has 1 aliphatic heterocycles. The minimum Gasteiger partial charge on any atom is -0.462 e. The molecule has 1 saturated heterocycles. The number of carbonyl (C=O) groups excluding carboxylic acids is 2. The highest BCUT2D eigenvalue weighted by Gasteiger charge is 2.31. The Morgan fingerprint density at radius 3 is 2.81 bits per heavy atom. The Morgan fingerprint density at radius 1 is 1.48 bits per heavy atom. The first-order chi connectivity index (χ1) is 10.1. The number of hydrogen-bond acceptors (Lipinski definition) is 5. The maximum Gasteiger partial charge on any atom is 0.341 e. The van der Waals surface area contributed by atoms with Gasteiger partial charge in [0, 0.05) is 11.5 Å². The first kappa shape index (κ1) is 16.0. The van der Waals surface area contributed by atoms with Gasteiger partial charge in [-0.3, -0.25) is 4.79 Å². The number of nitrogens with one attached hydrogen (secondary N) is 1. The molecule has 1 aliphatic rings. The third-order valence-corrected chi connectivity index (χ3v) is 4.77. The molecule has 0 spiro atoms. The van der Waals surface area contributed by atoms with E-state index in [9.17, 15) is 9.59 Å². The molecule has 1 fully saturated rings. The van der Waals surface area contributed by atoms with Gasteiger partial charge < -0.3 is 14.8 Å². The number of carbonyl (C=O) groups is 2. The van der Waals surface area contributed by atoms with Gasteiger partial charge in [0.2, 0.25) is 5.91 Å². The van der Waals surface area contributed by atoms with Crippen molar-refractivity contribution in [2.75, 3.05) is 18.5 Å². The van der Waals surface area contributed by atoms with E-state index in [1.165, 1.54) is 11.3 Å². The second kappa shape index (κ2) is 7.04. The molecule has 1 amide bonds. The molecule has 2 rings (SSSR count). The largest absolute Gasteiger partial charge is 0.462 e. The van der Waals surface area contributed by atoms with Crippen LogP contribution in [-0.2, 0) is 20.7 Å². The summed E-state index contributed by atoms with van der Waals surface area (Å²) in [6.45, 7) is 6.60. The Bertz CT molecular complexity index is 526. The Kier molecular flexibility index (Phi) is 5.36. The number of esters is 1. The molecule has 0 bridgehead atoms. The van der Waals surface area contributed by atoms with Crippen molar-refractivity contribution in [3.05, 3.63) is 16.5 Å². The van der Waals surface area contributed by atoms with E-state index in [2.05, 4.69) is 5.32 Å². The lowest BCUT2D eigenvalue weighted by Crippen LogP contribution is -2.28. The predicted molar refractivity (Wildman–Crippen MR) is 81.8 cm³/mol. The van der Waals surface area contributed by atoms with Gasteiger partial charge in [-0.25, -0.2) is 4.79 Å². The Balaban J connectivity index is 2.16. The van der Waals surface area contributed by atoms with Crippen molar-refractivity contribution in [1.29, 1.82) is 0 Å². The van der Waals surface area contributed by atoms with E-state index in [4.69, 9.17) is 9.47 Å². The van der Waals surface area contributed by atoms with Gasteiger partial charge in [-0.05, 0) is 32.8 Å². The number of thiophene rings is 1. The summed E-state index contributed by atoms with van der Waals surface area (Å²) < 4.78 is 10.5. The number of ether oxygens (including phenoxy) is 2. The summed E-state index contributed by atoms with van der Waals surface area (Å²) >= 11 is 1.43. The van der Waals surface area contributed by atoms with E-state index in [0.717, 1.165) is 11.3 Å². The van der Waals surface area contributed by atoms with Crippen LogP contribution in [0.4, 0.5) is 5.00 Å². The van der Waals surface area contributed by atoms with E-state index in [-0.39, 0.29) is 23.9 Å². The minimum absolute atomic E-state index is 0.0818. The van der Waals surface area contributed by atoms with Crippen LogP contribution in [0.1, 0.15) is 42.4 Å². The summed E-state index contributed by atoms with van der Waals surface area (Å²) in [5, 5.41) is 3.45. The van der Waals surface area contributed by atoms with Crippen molar-refractivity contribution in [2.45, 2.75) is 39.7 Å². The van der Waals surface area contributed by atoms with Crippen molar-refractivity contribution < 1.29 is 19.1 Å². The van der Waals surface area contributed by atoms with Crippen LogP contribution in [0, 0.1) is 5.92 Å². The van der Waals surface area contributed by atoms with Crippen LogP contribution in [-0.4, -0.2) is 31.2 Å². The van der Waals surface area contributed by atoms with E-state index >= 15 is 0 Å². The van der Waals surface area contributed by atoms with Crippen LogP contribution in [0.3, 0.4) is 0 Å². The zero-order valence-corrected chi connectivity index (χ0v) is 13.4. The van der Waals surface area contributed by atoms with Crippen molar-refractivity contribution in [3.8, 4) is 0 Å². The van der Waals surface area contributed by atoms with Crippen LogP contribution < -0.4 is 5.32 Å². The van der Waals surface area contributed by atoms with Crippen molar-refractivity contribution in [3.63, 3.8) is 0 Å². The normalized spacial score (nSPS) is 21.3. The first-order valence-electron chi connectivity index (χ1n) is 7.29. The quantitative estimate of drug-likeness (QED) is 0.849. The highest BCUT2D eigenvalue weighted by Crippen LogP contribution is 2.31.